The first-order valence-electron chi connectivity index (χ1n) is 6.38. The first kappa shape index (κ1) is 12.2. The van der Waals surface area contributed by atoms with E-state index in [-0.39, 0.29) is 5.54 Å². The van der Waals surface area contributed by atoms with Crippen molar-refractivity contribution in [2.45, 2.75) is 45.6 Å². The van der Waals surface area contributed by atoms with Gasteiger partial charge in [-0.25, -0.2) is 4.98 Å². The maximum Gasteiger partial charge on any atom is 0.245 e. The van der Waals surface area contributed by atoms with Gasteiger partial charge in [0.15, 0.2) is 0 Å². The molecule has 2 N–H and O–H groups in total. The molecule has 5 nitrogen and oxygen atoms in total. The minimum Gasteiger partial charge on any atom is -0.336 e. The van der Waals surface area contributed by atoms with Crippen molar-refractivity contribution in [2.75, 3.05) is 18.0 Å². The zero-order valence-corrected chi connectivity index (χ0v) is 10.9. The summed E-state index contributed by atoms with van der Waals surface area (Å²) in [5, 5.41) is 8.44. The quantitative estimate of drug-likeness (QED) is 0.840. The van der Waals surface area contributed by atoms with E-state index in [9.17, 15) is 0 Å². The molecule has 0 saturated carbocycles. The third-order valence-corrected chi connectivity index (χ3v) is 3.50. The fraction of sp³-hybridized carbons (Fsp3) is 0.750. The van der Waals surface area contributed by atoms with E-state index in [1.54, 1.807) is 0 Å². The van der Waals surface area contributed by atoms with E-state index in [1.807, 2.05) is 0 Å². The molecule has 94 valence electrons. The van der Waals surface area contributed by atoms with E-state index >= 15 is 0 Å². The summed E-state index contributed by atoms with van der Waals surface area (Å²) in [5.74, 6) is 0.730. The Hall–Kier alpha value is -1.23. The lowest BCUT2D eigenvalue weighted by Crippen LogP contribution is -2.67. The highest BCUT2D eigenvalue weighted by molar-refractivity contribution is 5.38. The molecular formula is C12H21N5. The molecule has 2 rings (SSSR count). The Balaban J connectivity index is 2.13. The molecule has 1 aromatic heterocycles. The van der Waals surface area contributed by atoms with E-state index in [2.05, 4.69) is 40.9 Å². The Bertz CT molecular complexity index is 398. The van der Waals surface area contributed by atoms with Crippen LogP contribution in [0.2, 0.25) is 0 Å². The first-order chi connectivity index (χ1) is 8.11. The maximum atomic E-state index is 6.14. The third-order valence-electron chi connectivity index (χ3n) is 3.50. The summed E-state index contributed by atoms with van der Waals surface area (Å²) in [6.45, 7) is 7.96. The first-order valence-corrected chi connectivity index (χ1v) is 6.38. The number of hydrogen-bond acceptors (Lipinski definition) is 5. The summed E-state index contributed by atoms with van der Waals surface area (Å²) in [5.41, 5.74) is 8.15. The number of anilines is 1. The summed E-state index contributed by atoms with van der Waals surface area (Å²) < 4.78 is 0. The van der Waals surface area contributed by atoms with Gasteiger partial charge in [0.1, 0.15) is 0 Å². The van der Waals surface area contributed by atoms with Gasteiger partial charge < -0.3 is 10.6 Å². The van der Waals surface area contributed by atoms with Crippen molar-refractivity contribution in [1.29, 1.82) is 0 Å². The zero-order chi connectivity index (χ0) is 12.5. The minimum atomic E-state index is -0.0564. The van der Waals surface area contributed by atoms with Crippen molar-refractivity contribution < 1.29 is 0 Å². The molecule has 1 aromatic rings. The van der Waals surface area contributed by atoms with Gasteiger partial charge in [-0.05, 0) is 19.3 Å². The van der Waals surface area contributed by atoms with Gasteiger partial charge in [-0.1, -0.05) is 20.8 Å². The molecule has 1 fully saturated rings. The molecule has 0 aromatic carbocycles. The standard InChI is InChI=1S/C12H21N5/c1-4-9-10(5-2)15-16-11(14-9)17-7-12(13,6-3)8-17/h4-8,13H2,1-3H3. The Morgan fingerprint density at radius 3 is 2.29 bits per heavy atom. The Morgan fingerprint density at radius 1 is 1.12 bits per heavy atom. The van der Waals surface area contributed by atoms with Gasteiger partial charge in [0.25, 0.3) is 0 Å². The summed E-state index contributed by atoms with van der Waals surface area (Å²) >= 11 is 0. The van der Waals surface area contributed by atoms with Crippen LogP contribution in [0.5, 0.6) is 0 Å². The number of aryl methyl sites for hydroxylation is 2. The van der Waals surface area contributed by atoms with E-state index in [4.69, 9.17) is 5.73 Å². The van der Waals surface area contributed by atoms with E-state index in [1.165, 1.54) is 0 Å². The number of aromatic nitrogens is 3. The number of hydrogen-bond donors (Lipinski definition) is 1. The lowest BCUT2D eigenvalue weighted by molar-refractivity contribution is 0.316. The third kappa shape index (κ3) is 2.24. The van der Waals surface area contributed by atoms with Crippen molar-refractivity contribution in [3.05, 3.63) is 11.4 Å². The lowest BCUT2D eigenvalue weighted by Gasteiger charge is -2.47. The molecule has 17 heavy (non-hydrogen) atoms. The van der Waals surface area contributed by atoms with Crippen LogP contribution >= 0.6 is 0 Å². The maximum absolute atomic E-state index is 6.14. The van der Waals surface area contributed by atoms with Crippen LogP contribution in [0, 0.1) is 0 Å². The minimum absolute atomic E-state index is 0.0564. The molecule has 0 aliphatic carbocycles. The topological polar surface area (TPSA) is 67.9 Å². The second-order valence-corrected chi connectivity index (χ2v) is 4.78. The number of nitrogens with zero attached hydrogens (tertiary/aromatic N) is 4. The van der Waals surface area contributed by atoms with Crippen LogP contribution in [0.15, 0.2) is 0 Å². The number of rotatable bonds is 4. The Labute approximate surface area is 102 Å². The van der Waals surface area contributed by atoms with Crippen molar-refractivity contribution in [3.63, 3.8) is 0 Å². The molecule has 0 amide bonds. The fourth-order valence-electron chi connectivity index (χ4n) is 2.14. The van der Waals surface area contributed by atoms with Crippen LogP contribution < -0.4 is 10.6 Å². The molecule has 1 aliphatic heterocycles. The number of nitrogens with two attached hydrogens (primary N) is 1. The van der Waals surface area contributed by atoms with E-state index in [0.29, 0.717) is 0 Å². The van der Waals surface area contributed by atoms with Crippen molar-refractivity contribution in [2.24, 2.45) is 5.73 Å². The fourth-order valence-corrected chi connectivity index (χ4v) is 2.14. The predicted molar refractivity (Wildman–Crippen MR) is 68.0 cm³/mol. The summed E-state index contributed by atoms with van der Waals surface area (Å²) in [6, 6.07) is 0. The van der Waals surface area contributed by atoms with Gasteiger partial charge in [0.2, 0.25) is 5.95 Å². The highest BCUT2D eigenvalue weighted by atomic mass is 15.4. The van der Waals surface area contributed by atoms with Gasteiger partial charge in [0.05, 0.1) is 16.9 Å². The lowest BCUT2D eigenvalue weighted by atomic mass is 9.89. The molecule has 1 saturated heterocycles. The summed E-state index contributed by atoms with van der Waals surface area (Å²) in [6.07, 6.45) is 2.78. The van der Waals surface area contributed by atoms with Gasteiger partial charge in [0, 0.05) is 13.1 Å². The largest absolute Gasteiger partial charge is 0.336 e. The molecule has 0 radical (unpaired) electrons. The average Bonchev–Trinajstić information content (AvgIpc) is 2.34. The summed E-state index contributed by atoms with van der Waals surface area (Å²) in [4.78, 5) is 6.69. The van der Waals surface area contributed by atoms with Gasteiger partial charge >= 0.3 is 0 Å². The molecule has 0 atom stereocenters. The monoisotopic (exact) mass is 235 g/mol. The SMILES string of the molecule is CCc1nnc(N2CC(N)(CC)C2)nc1CC. The van der Waals surface area contributed by atoms with Crippen LogP contribution in [0.4, 0.5) is 5.95 Å². The van der Waals surface area contributed by atoms with Crippen LogP contribution in [0.3, 0.4) is 0 Å². The molecule has 0 unspecified atom stereocenters. The predicted octanol–water partition coefficient (Wildman–Crippen LogP) is 0.924. The Morgan fingerprint density at radius 2 is 1.76 bits per heavy atom. The van der Waals surface area contributed by atoms with Crippen LogP contribution in [-0.2, 0) is 12.8 Å². The second kappa shape index (κ2) is 4.56. The van der Waals surface area contributed by atoms with Gasteiger partial charge in [-0.2, -0.15) is 5.10 Å². The highest BCUT2D eigenvalue weighted by Crippen LogP contribution is 2.25. The van der Waals surface area contributed by atoms with Crippen LogP contribution in [0.25, 0.3) is 0 Å². The summed E-state index contributed by atoms with van der Waals surface area (Å²) in [7, 11) is 0. The molecule has 0 spiro atoms. The average molecular weight is 235 g/mol. The zero-order valence-electron chi connectivity index (χ0n) is 10.9. The molecule has 1 aliphatic rings. The molecule has 0 bridgehead atoms. The smallest absolute Gasteiger partial charge is 0.245 e. The van der Waals surface area contributed by atoms with Crippen molar-refractivity contribution in [3.8, 4) is 0 Å². The highest BCUT2D eigenvalue weighted by Gasteiger charge is 2.39. The normalized spacial score (nSPS) is 18.0. The van der Waals surface area contributed by atoms with Crippen molar-refractivity contribution in [1.82, 2.24) is 15.2 Å². The van der Waals surface area contributed by atoms with E-state index in [0.717, 1.165) is 49.7 Å². The van der Waals surface area contributed by atoms with Crippen molar-refractivity contribution >= 4 is 5.95 Å². The van der Waals surface area contributed by atoms with E-state index < -0.39 is 0 Å². The Kier molecular flexibility index (Phi) is 3.28. The second-order valence-electron chi connectivity index (χ2n) is 4.78. The molecule has 2 heterocycles. The molecule has 5 heteroatoms. The van der Waals surface area contributed by atoms with Gasteiger partial charge in [-0.15, -0.1) is 5.10 Å². The van der Waals surface area contributed by atoms with Crippen LogP contribution in [-0.4, -0.2) is 33.8 Å². The van der Waals surface area contributed by atoms with Gasteiger partial charge in [-0.3, -0.25) is 0 Å². The van der Waals surface area contributed by atoms with Crippen LogP contribution in [0.1, 0.15) is 38.6 Å². The molecular weight excluding hydrogens is 214 g/mol.